The number of para-hydroxylation sites is 2. The second kappa shape index (κ2) is 8.28. The van der Waals surface area contributed by atoms with Crippen molar-refractivity contribution in [1.82, 2.24) is 4.98 Å². The number of fused-ring (bicyclic) bond motifs is 9. The highest BCUT2D eigenvalue weighted by Crippen LogP contribution is 2.40. The quantitative estimate of drug-likeness (QED) is 0.221. The van der Waals surface area contributed by atoms with Gasteiger partial charge in [-0.15, -0.1) is 0 Å². The van der Waals surface area contributed by atoms with Crippen LogP contribution in [0, 0.1) is 13.8 Å². The van der Waals surface area contributed by atoms with Crippen molar-refractivity contribution in [1.29, 1.82) is 0 Å². The number of aryl methyl sites for hydroxylation is 2. The Kier molecular flexibility index (Phi) is 4.68. The van der Waals surface area contributed by atoms with Crippen LogP contribution in [-0.4, -0.2) is 4.98 Å². The molecular formula is C37H25NO. The summed E-state index contributed by atoms with van der Waals surface area (Å²) < 4.78 is 6.34. The molecule has 184 valence electrons. The number of hydrogen-bond acceptors (Lipinski definition) is 2. The van der Waals surface area contributed by atoms with Crippen LogP contribution in [0.4, 0.5) is 0 Å². The first-order valence-corrected chi connectivity index (χ1v) is 13.4. The maximum Gasteiger partial charge on any atom is 0.144 e. The van der Waals surface area contributed by atoms with Crippen molar-refractivity contribution in [3.63, 3.8) is 0 Å². The number of rotatable bonds is 2. The zero-order chi connectivity index (χ0) is 26.1. The molecule has 0 N–H and O–H groups in total. The van der Waals surface area contributed by atoms with E-state index >= 15 is 0 Å². The highest BCUT2D eigenvalue weighted by Gasteiger charge is 2.17. The predicted molar refractivity (Wildman–Crippen MR) is 164 cm³/mol. The van der Waals surface area contributed by atoms with E-state index in [9.17, 15) is 0 Å². The van der Waals surface area contributed by atoms with Gasteiger partial charge in [0.1, 0.15) is 11.2 Å². The number of pyridine rings is 1. The molecule has 0 aliphatic heterocycles. The maximum absolute atomic E-state index is 6.34. The van der Waals surface area contributed by atoms with Crippen LogP contribution >= 0.6 is 0 Å². The number of hydrogen-bond donors (Lipinski definition) is 0. The Hall–Kier alpha value is -4.95. The first kappa shape index (κ1) is 22.1. The largest absolute Gasteiger partial charge is 0.455 e. The lowest BCUT2D eigenvalue weighted by atomic mass is 9.90. The van der Waals surface area contributed by atoms with Crippen molar-refractivity contribution >= 4 is 54.3 Å². The highest BCUT2D eigenvalue weighted by molar-refractivity contribution is 6.26. The third-order valence-electron chi connectivity index (χ3n) is 8.12. The molecule has 0 bridgehead atoms. The van der Waals surface area contributed by atoms with E-state index in [1.54, 1.807) is 0 Å². The maximum atomic E-state index is 6.34. The van der Waals surface area contributed by atoms with Crippen LogP contribution in [0.25, 0.3) is 76.8 Å². The third-order valence-corrected chi connectivity index (χ3v) is 8.12. The minimum Gasteiger partial charge on any atom is -0.455 e. The topological polar surface area (TPSA) is 26.0 Å². The molecule has 0 atom stereocenters. The molecule has 0 saturated carbocycles. The fraction of sp³-hybridized carbons (Fsp3) is 0.0541. The van der Waals surface area contributed by atoms with Crippen LogP contribution < -0.4 is 0 Å². The predicted octanol–water partition coefficient (Wildman–Crippen LogP) is 10.4. The molecule has 8 aromatic rings. The van der Waals surface area contributed by atoms with E-state index in [-0.39, 0.29) is 0 Å². The van der Waals surface area contributed by atoms with Crippen molar-refractivity contribution in [2.75, 3.05) is 0 Å². The van der Waals surface area contributed by atoms with Gasteiger partial charge < -0.3 is 4.42 Å². The van der Waals surface area contributed by atoms with Crippen LogP contribution in [-0.2, 0) is 0 Å². The van der Waals surface area contributed by atoms with Gasteiger partial charge in [-0.25, -0.2) is 4.98 Å². The molecule has 8 rings (SSSR count). The highest BCUT2D eigenvalue weighted by atomic mass is 16.3. The molecule has 2 nitrogen and oxygen atoms in total. The molecule has 0 unspecified atom stereocenters. The number of aromatic nitrogens is 1. The van der Waals surface area contributed by atoms with Gasteiger partial charge in [0.05, 0.1) is 11.4 Å². The van der Waals surface area contributed by atoms with Gasteiger partial charge in [0.2, 0.25) is 0 Å². The van der Waals surface area contributed by atoms with E-state index in [1.165, 1.54) is 43.4 Å². The number of furan rings is 1. The third kappa shape index (κ3) is 3.25. The van der Waals surface area contributed by atoms with Gasteiger partial charge in [-0.05, 0) is 81.6 Å². The molecule has 0 radical (unpaired) electrons. The Morgan fingerprint density at radius 1 is 0.462 bits per heavy atom. The van der Waals surface area contributed by atoms with Crippen molar-refractivity contribution in [2.45, 2.75) is 13.8 Å². The second-order valence-corrected chi connectivity index (χ2v) is 10.4. The summed E-state index contributed by atoms with van der Waals surface area (Å²) in [6.45, 7) is 4.35. The molecule has 2 heteroatoms. The molecule has 39 heavy (non-hydrogen) atoms. The van der Waals surface area contributed by atoms with Crippen molar-refractivity contribution in [3.8, 4) is 22.5 Å². The lowest BCUT2D eigenvalue weighted by molar-refractivity contribution is 0.670. The van der Waals surface area contributed by atoms with E-state index in [4.69, 9.17) is 9.40 Å². The molecule has 0 saturated heterocycles. The normalized spacial score (nSPS) is 11.8. The molecule has 2 aromatic heterocycles. The minimum atomic E-state index is 0.883. The van der Waals surface area contributed by atoms with Crippen molar-refractivity contribution in [3.05, 3.63) is 126 Å². The smallest absolute Gasteiger partial charge is 0.144 e. The fourth-order valence-electron chi connectivity index (χ4n) is 6.21. The zero-order valence-corrected chi connectivity index (χ0v) is 21.8. The zero-order valence-electron chi connectivity index (χ0n) is 21.8. The first-order chi connectivity index (χ1) is 19.2. The summed E-state index contributed by atoms with van der Waals surface area (Å²) >= 11 is 0. The Bertz CT molecular complexity index is 2250. The average molecular weight is 500 g/mol. The Morgan fingerprint density at radius 3 is 1.77 bits per heavy atom. The van der Waals surface area contributed by atoms with Crippen LogP contribution in [0.1, 0.15) is 11.1 Å². The van der Waals surface area contributed by atoms with E-state index in [0.29, 0.717) is 0 Å². The summed E-state index contributed by atoms with van der Waals surface area (Å²) in [6.07, 6.45) is 0. The summed E-state index contributed by atoms with van der Waals surface area (Å²) in [5, 5.41) is 9.93. The molecule has 0 fully saturated rings. The molecule has 6 aromatic carbocycles. The SMILES string of the molecule is Cc1cc2c3ccccc3c3ccccc3c2cc1-c1nc(-c2cccc3c2oc2ccccc23)ccc1C. The Labute approximate surface area is 226 Å². The van der Waals surface area contributed by atoms with Crippen molar-refractivity contribution in [2.24, 2.45) is 0 Å². The van der Waals surface area contributed by atoms with Gasteiger partial charge in [0.15, 0.2) is 0 Å². The second-order valence-electron chi connectivity index (χ2n) is 10.4. The molecule has 0 spiro atoms. The lowest BCUT2D eigenvalue weighted by Gasteiger charge is -2.15. The van der Waals surface area contributed by atoms with Gasteiger partial charge in [0.25, 0.3) is 0 Å². The molecule has 2 heterocycles. The van der Waals surface area contributed by atoms with Crippen molar-refractivity contribution < 1.29 is 4.42 Å². The summed E-state index contributed by atoms with van der Waals surface area (Å²) in [4.78, 5) is 5.28. The van der Waals surface area contributed by atoms with Gasteiger partial charge in [-0.1, -0.05) is 91.0 Å². The van der Waals surface area contributed by atoms with Gasteiger partial charge >= 0.3 is 0 Å². The standard InChI is InChI=1S/C37H25NO/c1-22-18-19-34(30-16-9-15-29-28-14-7-8-17-35(28)39-37(29)30)38-36(22)31-21-33-27-13-6-4-11-25(27)24-10-3-5-12-26(24)32(33)20-23(31)2/h3-21H,1-2H3. The summed E-state index contributed by atoms with van der Waals surface area (Å²) in [6, 6.07) is 41.0. The Balaban J connectivity index is 1.39. The van der Waals surface area contributed by atoms with E-state index in [2.05, 4.69) is 117 Å². The molecule has 0 aliphatic carbocycles. The number of nitrogens with zero attached hydrogens (tertiary/aromatic N) is 1. The molecule has 0 amide bonds. The van der Waals surface area contributed by atoms with Gasteiger partial charge in [-0.2, -0.15) is 0 Å². The summed E-state index contributed by atoms with van der Waals surface area (Å²) in [5.74, 6) is 0. The summed E-state index contributed by atoms with van der Waals surface area (Å²) in [7, 11) is 0. The van der Waals surface area contributed by atoms with E-state index in [0.717, 1.165) is 44.5 Å². The molecule has 0 aliphatic rings. The molecular weight excluding hydrogens is 474 g/mol. The Morgan fingerprint density at radius 2 is 1.05 bits per heavy atom. The van der Waals surface area contributed by atoms with Crippen LogP contribution in [0.2, 0.25) is 0 Å². The van der Waals surface area contributed by atoms with Crippen LogP contribution in [0.5, 0.6) is 0 Å². The summed E-state index contributed by atoms with van der Waals surface area (Å²) in [5.41, 5.74) is 8.27. The average Bonchev–Trinajstić information content (AvgIpc) is 3.37. The van der Waals surface area contributed by atoms with Crippen LogP contribution in [0.15, 0.2) is 120 Å². The van der Waals surface area contributed by atoms with Gasteiger partial charge in [-0.3, -0.25) is 0 Å². The van der Waals surface area contributed by atoms with E-state index < -0.39 is 0 Å². The van der Waals surface area contributed by atoms with Gasteiger partial charge in [0, 0.05) is 21.9 Å². The fourth-order valence-corrected chi connectivity index (χ4v) is 6.21. The number of benzene rings is 6. The first-order valence-electron chi connectivity index (χ1n) is 13.4. The minimum absolute atomic E-state index is 0.883. The monoisotopic (exact) mass is 499 g/mol. The lowest BCUT2D eigenvalue weighted by Crippen LogP contribution is -1.95. The van der Waals surface area contributed by atoms with Crippen LogP contribution in [0.3, 0.4) is 0 Å². The van der Waals surface area contributed by atoms with E-state index in [1.807, 2.05) is 12.1 Å².